The molecule has 2 aromatic rings. The number of H-pyrrole nitrogens is 1. The number of anilines is 1. The minimum atomic E-state index is -0.985. The molecule has 0 unspecified atom stereocenters. The van der Waals surface area contributed by atoms with Gasteiger partial charge in [-0.3, -0.25) is 14.7 Å². The molecule has 0 fully saturated rings. The highest BCUT2D eigenvalue weighted by molar-refractivity contribution is 6.01. The fourth-order valence-corrected chi connectivity index (χ4v) is 1.51. The largest absolute Gasteiger partial charge is 0.481 e. The SMILES string of the molecule is O=C(O)CCC(=O)Nc1cccc2[nH]ncc12. The maximum atomic E-state index is 11.5. The van der Waals surface area contributed by atoms with Gasteiger partial charge in [-0.05, 0) is 12.1 Å². The first-order valence-electron chi connectivity index (χ1n) is 5.10. The van der Waals surface area contributed by atoms with Crippen molar-refractivity contribution >= 4 is 28.5 Å². The molecule has 2 rings (SSSR count). The molecule has 3 N–H and O–H groups in total. The molecule has 0 bridgehead atoms. The Morgan fingerprint density at radius 2 is 2.18 bits per heavy atom. The second-order valence-electron chi connectivity index (χ2n) is 3.58. The molecule has 6 heteroatoms. The Labute approximate surface area is 96.6 Å². The minimum absolute atomic E-state index is 0.0381. The summed E-state index contributed by atoms with van der Waals surface area (Å²) in [5.41, 5.74) is 1.45. The Balaban J connectivity index is 2.10. The number of carboxylic acids is 1. The first-order valence-corrected chi connectivity index (χ1v) is 5.10. The number of benzene rings is 1. The van der Waals surface area contributed by atoms with E-state index in [4.69, 9.17) is 5.11 Å². The number of carbonyl (C=O) groups is 2. The van der Waals surface area contributed by atoms with Gasteiger partial charge in [-0.1, -0.05) is 6.07 Å². The standard InChI is InChI=1S/C11H11N3O3/c15-10(4-5-11(16)17)13-8-2-1-3-9-7(8)6-12-14-9/h1-3,6H,4-5H2,(H,12,14)(H,13,15)(H,16,17). The van der Waals surface area contributed by atoms with E-state index in [9.17, 15) is 9.59 Å². The molecular formula is C11H11N3O3. The maximum absolute atomic E-state index is 11.5. The summed E-state index contributed by atoms with van der Waals surface area (Å²) >= 11 is 0. The van der Waals surface area contributed by atoms with Crippen LogP contribution in [0, 0.1) is 0 Å². The van der Waals surface area contributed by atoms with Crippen LogP contribution in [0.2, 0.25) is 0 Å². The summed E-state index contributed by atoms with van der Waals surface area (Å²) in [5.74, 6) is -1.30. The van der Waals surface area contributed by atoms with E-state index in [1.54, 1.807) is 18.3 Å². The molecule has 0 aliphatic carbocycles. The molecule has 0 spiro atoms. The van der Waals surface area contributed by atoms with E-state index in [1.165, 1.54) is 0 Å². The number of rotatable bonds is 4. The van der Waals surface area contributed by atoms with Gasteiger partial charge in [-0.15, -0.1) is 0 Å². The van der Waals surface area contributed by atoms with E-state index >= 15 is 0 Å². The number of carboxylic acid groups (broad SMARTS) is 1. The van der Waals surface area contributed by atoms with E-state index in [0.29, 0.717) is 5.69 Å². The Morgan fingerprint density at radius 1 is 1.35 bits per heavy atom. The number of aromatic amines is 1. The van der Waals surface area contributed by atoms with Gasteiger partial charge >= 0.3 is 5.97 Å². The van der Waals surface area contributed by atoms with Gasteiger partial charge < -0.3 is 10.4 Å². The molecule has 6 nitrogen and oxygen atoms in total. The van der Waals surface area contributed by atoms with Crippen LogP contribution >= 0.6 is 0 Å². The van der Waals surface area contributed by atoms with Crippen molar-refractivity contribution in [3.05, 3.63) is 24.4 Å². The Hall–Kier alpha value is -2.37. The van der Waals surface area contributed by atoms with Crippen molar-refractivity contribution in [1.29, 1.82) is 0 Å². The fraction of sp³-hybridized carbons (Fsp3) is 0.182. The van der Waals surface area contributed by atoms with Crippen LogP contribution in [0.1, 0.15) is 12.8 Å². The normalized spacial score (nSPS) is 10.4. The topological polar surface area (TPSA) is 95.1 Å². The molecule has 1 aromatic carbocycles. The van der Waals surface area contributed by atoms with Crippen LogP contribution in [0.25, 0.3) is 10.9 Å². The number of nitrogens with one attached hydrogen (secondary N) is 2. The van der Waals surface area contributed by atoms with Gasteiger partial charge in [-0.25, -0.2) is 0 Å². The lowest BCUT2D eigenvalue weighted by molar-refractivity contribution is -0.138. The van der Waals surface area contributed by atoms with E-state index in [1.807, 2.05) is 6.07 Å². The molecule has 1 heterocycles. The summed E-state index contributed by atoms with van der Waals surface area (Å²) in [6.45, 7) is 0. The zero-order chi connectivity index (χ0) is 12.3. The average molecular weight is 233 g/mol. The summed E-state index contributed by atoms with van der Waals surface area (Å²) < 4.78 is 0. The van der Waals surface area contributed by atoms with Crippen LogP contribution in [0.5, 0.6) is 0 Å². The summed E-state index contributed by atoms with van der Waals surface area (Å²) in [4.78, 5) is 21.8. The smallest absolute Gasteiger partial charge is 0.303 e. The molecule has 0 radical (unpaired) electrons. The third kappa shape index (κ3) is 2.60. The molecule has 88 valence electrons. The first-order chi connectivity index (χ1) is 8.16. The number of aromatic nitrogens is 2. The molecule has 0 saturated heterocycles. The number of carbonyl (C=O) groups excluding carboxylic acids is 1. The molecular weight excluding hydrogens is 222 g/mol. The van der Waals surface area contributed by atoms with Crippen LogP contribution < -0.4 is 5.32 Å². The van der Waals surface area contributed by atoms with Crippen molar-refractivity contribution < 1.29 is 14.7 Å². The third-order valence-corrected chi connectivity index (χ3v) is 2.32. The van der Waals surface area contributed by atoms with E-state index in [0.717, 1.165) is 10.9 Å². The van der Waals surface area contributed by atoms with Crippen LogP contribution in [0.15, 0.2) is 24.4 Å². The second kappa shape index (κ2) is 4.65. The highest BCUT2D eigenvalue weighted by Gasteiger charge is 2.08. The lowest BCUT2D eigenvalue weighted by atomic mass is 10.2. The lowest BCUT2D eigenvalue weighted by Crippen LogP contribution is -2.13. The number of hydrogen-bond donors (Lipinski definition) is 3. The van der Waals surface area contributed by atoms with Crippen LogP contribution in [-0.4, -0.2) is 27.2 Å². The number of amides is 1. The van der Waals surface area contributed by atoms with Crippen molar-refractivity contribution in [2.45, 2.75) is 12.8 Å². The van der Waals surface area contributed by atoms with Crippen LogP contribution in [0.3, 0.4) is 0 Å². The number of hydrogen-bond acceptors (Lipinski definition) is 3. The molecule has 0 aliphatic rings. The van der Waals surface area contributed by atoms with Crippen LogP contribution in [-0.2, 0) is 9.59 Å². The predicted octanol–water partition coefficient (Wildman–Crippen LogP) is 1.37. The van der Waals surface area contributed by atoms with Gasteiger partial charge in [0.25, 0.3) is 0 Å². The number of nitrogens with zero attached hydrogens (tertiary/aromatic N) is 1. The Bertz CT molecular complexity index is 562. The van der Waals surface area contributed by atoms with Gasteiger partial charge in [0.15, 0.2) is 0 Å². The summed E-state index contributed by atoms with van der Waals surface area (Å²) in [7, 11) is 0. The first kappa shape index (κ1) is 11.1. The van der Waals surface area contributed by atoms with Crippen molar-refractivity contribution in [2.24, 2.45) is 0 Å². The zero-order valence-corrected chi connectivity index (χ0v) is 8.93. The van der Waals surface area contributed by atoms with Gasteiger partial charge in [0.05, 0.1) is 23.8 Å². The molecule has 1 amide bonds. The third-order valence-electron chi connectivity index (χ3n) is 2.32. The molecule has 0 atom stereocenters. The quantitative estimate of drug-likeness (QED) is 0.743. The van der Waals surface area contributed by atoms with Gasteiger partial charge in [-0.2, -0.15) is 5.10 Å². The van der Waals surface area contributed by atoms with E-state index < -0.39 is 5.97 Å². The fourth-order valence-electron chi connectivity index (χ4n) is 1.51. The van der Waals surface area contributed by atoms with Gasteiger partial charge in [0.2, 0.25) is 5.91 Å². The van der Waals surface area contributed by atoms with Crippen LogP contribution in [0.4, 0.5) is 5.69 Å². The maximum Gasteiger partial charge on any atom is 0.303 e. The summed E-state index contributed by atoms with van der Waals surface area (Å²) in [6, 6.07) is 5.37. The predicted molar refractivity (Wildman–Crippen MR) is 61.6 cm³/mol. The minimum Gasteiger partial charge on any atom is -0.481 e. The average Bonchev–Trinajstić information content (AvgIpc) is 2.75. The van der Waals surface area contributed by atoms with Crippen molar-refractivity contribution in [1.82, 2.24) is 10.2 Å². The van der Waals surface area contributed by atoms with Crippen molar-refractivity contribution in [3.8, 4) is 0 Å². The van der Waals surface area contributed by atoms with E-state index in [2.05, 4.69) is 15.5 Å². The van der Waals surface area contributed by atoms with Gasteiger partial charge in [0, 0.05) is 11.8 Å². The summed E-state index contributed by atoms with van der Waals surface area (Å²) in [6.07, 6.45) is 1.40. The second-order valence-corrected chi connectivity index (χ2v) is 3.58. The Kier molecular flexibility index (Phi) is 3.04. The Morgan fingerprint density at radius 3 is 2.94 bits per heavy atom. The monoisotopic (exact) mass is 233 g/mol. The molecule has 17 heavy (non-hydrogen) atoms. The molecule has 0 aliphatic heterocycles. The highest BCUT2D eigenvalue weighted by atomic mass is 16.4. The number of fused-ring (bicyclic) bond motifs is 1. The van der Waals surface area contributed by atoms with Crippen molar-refractivity contribution in [3.63, 3.8) is 0 Å². The lowest BCUT2D eigenvalue weighted by Gasteiger charge is -2.04. The number of aliphatic carboxylic acids is 1. The molecule has 1 aromatic heterocycles. The van der Waals surface area contributed by atoms with Crippen molar-refractivity contribution in [2.75, 3.05) is 5.32 Å². The molecule has 0 saturated carbocycles. The van der Waals surface area contributed by atoms with Gasteiger partial charge in [0.1, 0.15) is 0 Å². The highest BCUT2D eigenvalue weighted by Crippen LogP contribution is 2.21. The summed E-state index contributed by atoms with van der Waals surface area (Å²) in [5, 5.41) is 18.6. The zero-order valence-electron chi connectivity index (χ0n) is 8.93. The van der Waals surface area contributed by atoms with E-state index in [-0.39, 0.29) is 18.7 Å².